The number of amides is 1. The van der Waals surface area contributed by atoms with Gasteiger partial charge in [0.1, 0.15) is 0 Å². The van der Waals surface area contributed by atoms with Crippen molar-refractivity contribution in [2.45, 2.75) is 44.4 Å². The van der Waals surface area contributed by atoms with Gasteiger partial charge in [0.2, 0.25) is 11.9 Å². The molecule has 3 N–H and O–H groups in total. The predicted molar refractivity (Wildman–Crippen MR) is 81.8 cm³/mol. The number of fused-ring (bicyclic) bond motifs is 1. The van der Waals surface area contributed by atoms with Gasteiger partial charge in [-0.1, -0.05) is 0 Å². The van der Waals surface area contributed by atoms with Crippen molar-refractivity contribution in [1.29, 1.82) is 0 Å². The molecule has 0 radical (unpaired) electrons. The van der Waals surface area contributed by atoms with Gasteiger partial charge in [-0.25, -0.2) is 9.97 Å². The van der Waals surface area contributed by atoms with Crippen LogP contribution in [0.4, 0.5) is 5.95 Å². The third-order valence-corrected chi connectivity index (χ3v) is 4.70. The minimum absolute atomic E-state index is 0.0871. The average molecular weight is 305 g/mol. The van der Waals surface area contributed by atoms with Gasteiger partial charge < -0.3 is 15.7 Å². The van der Waals surface area contributed by atoms with Gasteiger partial charge in [0.15, 0.2) is 0 Å². The molecule has 7 nitrogen and oxygen atoms in total. The summed E-state index contributed by atoms with van der Waals surface area (Å²) in [5.41, 5.74) is 7.50. The lowest BCUT2D eigenvalue weighted by atomic mass is 10.1. The van der Waals surface area contributed by atoms with Crippen LogP contribution in [0.5, 0.6) is 0 Å². The van der Waals surface area contributed by atoms with E-state index >= 15 is 0 Å². The molecule has 1 aromatic heterocycles. The number of aromatic nitrogens is 2. The SMILES string of the molecule is CN(CC(=O)N1CCc2nc(N)ncc2C1)[C@@H]1CCC[C@H]1O. The molecule has 1 aliphatic carbocycles. The molecule has 2 aliphatic rings. The second-order valence-corrected chi connectivity index (χ2v) is 6.25. The molecule has 1 saturated carbocycles. The van der Waals surface area contributed by atoms with E-state index in [-0.39, 0.29) is 24.0 Å². The summed E-state index contributed by atoms with van der Waals surface area (Å²) in [7, 11) is 1.92. The minimum Gasteiger partial charge on any atom is -0.391 e. The van der Waals surface area contributed by atoms with Crippen LogP contribution >= 0.6 is 0 Å². The molecule has 1 aromatic rings. The van der Waals surface area contributed by atoms with Crippen molar-refractivity contribution in [2.24, 2.45) is 0 Å². The highest BCUT2D eigenvalue weighted by atomic mass is 16.3. The Morgan fingerprint density at radius 2 is 2.36 bits per heavy atom. The summed E-state index contributed by atoms with van der Waals surface area (Å²) < 4.78 is 0. The van der Waals surface area contributed by atoms with Gasteiger partial charge in [0, 0.05) is 37.3 Å². The first-order chi connectivity index (χ1) is 10.5. The normalized spacial score (nSPS) is 24.6. The van der Waals surface area contributed by atoms with E-state index in [0.29, 0.717) is 26.1 Å². The van der Waals surface area contributed by atoms with E-state index in [1.807, 2.05) is 16.8 Å². The lowest BCUT2D eigenvalue weighted by molar-refractivity contribution is -0.133. The van der Waals surface area contributed by atoms with Gasteiger partial charge >= 0.3 is 0 Å². The minimum atomic E-state index is -0.309. The lowest BCUT2D eigenvalue weighted by Gasteiger charge is -2.32. The highest BCUT2D eigenvalue weighted by Gasteiger charge is 2.31. The number of anilines is 1. The van der Waals surface area contributed by atoms with E-state index in [4.69, 9.17) is 5.73 Å². The second kappa shape index (κ2) is 6.18. The second-order valence-electron chi connectivity index (χ2n) is 6.25. The van der Waals surface area contributed by atoms with Crippen molar-refractivity contribution < 1.29 is 9.90 Å². The molecule has 0 bridgehead atoms. The van der Waals surface area contributed by atoms with Crippen molar-refractivity contribution in [3.05, 3.63) is 17.5 Å². The Hall–Kier alpha value is -1.73. The zero-order chi connectivity index (χ0) is 15.7. The number of hydrogen-bond acceptors (Lipinski definition) is 6. The predicted octanol–water partition coefficient (Wildman–Crippen LogP) is -0.211. The summed E-state index contributed by atoms with van der Waals surface area (Å²) in [5.74, 6) is 0.373. The molecule has 3 rings (SSSR count). The summed E-state index contributed by atoms with van der Waals surface area (Å²) in [6, 6.07) is 0.101. The monoisotopic (exact) mass is 305 g/mol. The summed E-state index contributed by atoms with van der Waals surface area (Å²) in [5, 5.41) is 9.94. The Morgan fingerprint density at radius 1 is 1.55 bits per heavy atom. The molecule has 2 atom stereocenters. The van der Waals surface area contributed by atoms with Gasteiger partial charge in [0.25, 0.3) is 0 Å². The van der Waals surface area contributed by atoms with E-state index in [0.717, 1.165) is 30.5 Å². The molecular formula is C15H23N5O2. The Kier molecular flexibility index (Phi) is 4.26. The third kappa shape index (κ3) is 3.05. The van der Waals surface area contributed by atoms with Crippen LogP contribution in [0.3, 0.4) is 0 Å². The Bertz CT molecular complexity index is 565. The number of likely N-dealkylation sites (N-methyl/N-ethyl adjacent to an activating group) is 1. The van der Waals surface area contributed by atoms with Crippen LogP contribution in [0.25, 0.3) is 0 Å². The van der Waals surface area contributed by atoms with Crippen LogP contribution in [0.1, 0.15) is 30.5 Å². The van der Waals surface area contributed by atoms with Crippen LogP contribution in [0, 0.1) is 0 Å². The van der Waals surface area contributed by atoms with E-state index in [1.165, 1.54) is 0 Å². The molecule has 22 heavy (non-hydrogen) atoms. The topological polar surface area (TPSA) is 95.6 Å². The summed E-state index contributed by atoms with van der Waals surface area (Å²) >= 11 is 0. The Morgan fingerprint density at radius 3 is 3.09 bits per heavy atom. The quantitative estimate of drug-likeness (QED) is 0.802. The molecule has 1 fully saturated rings. The van der Waals surface area contributed by atoms with Crippen LogP contribution in [-0.2, 0) is 17.8 Å². The van der Waals surface area contributed by atoms with Crippen LogP contribution in [-0.4, -0.2) is 63.1 Å². The maximum Gasteiger partial charge on any atom is 0.237 e. The number of carbonyl (C=O) groups is 1. The van der Waals surface area contributed by atoms with E-state index in [1.54, 1.807) is 6.20 Å². The molecule has 0 aromatic carbocycles. The van der Waals surface area contributed by atoms with Gasteiger partial charge in [0.05, 0.1) is 18.3 Å². The highest BCUT2D eigenvalue weighted by molar-refractivity contribution is 5.78. The van der Waals surface area contributed by atoms with E-state index < -0.39 is 0 Å². The van der Waals surface area contributed by atoms with Crippen LogP contribution < -0.4 is 5.73 Å². The van der Waals surface area contributed by atoms with Gasteiger partial charge in [-0.3, -0.25) is 9.69 Å². The van der Waals surface area contributed by atoms with Gasteiger partial charge in [-0.15, -0.1) is 0 Å². The van der Waals surface area contributed by atoms with E-state index in [2.05, 4.69) is 9.97 Å². The first-order valence-electron chi connectivity index (χ1n) is 7.81. The number of hydrogen-bond donors (Lipinski definition) is 2. The van der Waals surface area contributed by atoms with Crippen LogP contribution in [0.2, 0.25) is 0 Å². The first-order valence-corrected chi connectivity index (χ1v) is 7.81. The molecule has 0 saturated heterocycles. The van der Waals surface area contributed by atoms with E-state index in [9.17, 15) is 9.90 Å². The molecule has 1 amide bonds. The standard InChI is InChI=1S/C15H23N5O2/c1-19(12-3-2-4-13(12)21)9-14(22)20-6-5-11-10(8-20)7-17-15(16)18-11/h7,12-13,21H,2-6,8-9H2,1H3,(H2,16,17,18)/t12-,13-/m1/s1. The molecule has 0 spiro atoms. The van der Waals surface area contributed by atoms with Crippen molar-refractivity contribution in [2.75, 3.05) is 25.9 Å². The van der Waals surface area contributed by atoms with Crippen molar-refractivity contribution in [3.8, 4) is 0 Å². The summed E-state index contributed by atoms with van der Waals surface area (Å²) in [6.07, 6.45) is 4.93. The zero-order valence-electron chi connectivity index (χ0n) is 12.9. The van der Waals surface area contributed by atoms with Gasteiger partial charge in [-0.2, -0.15) is 0 Å². The molecule has 0 unspecified atom stereocenters. The molecule has 2 heterocycles. The third-order valence-electron chi connectivity index (χ3n) is 4.70. The van der Waals surface area contributed by atoms with Crippen molar-refractivity contribution in [1.82, 2.24) is 19.8 Å². The highest BCUT2D eigenvalue weighted by Crippen LogP contribution is 2.23. The number of carbonyl (C=O) groups excluding carboxylic acids is 1. The molecule has 120 valence electrons. The maximum absolute atomic E-state index is 12.5. The molecule has 7 heteroatoms. The van der Waals surface area contributed by atoms with Crippen molar-refractivity contribution in [3.63, 3.8) is 0 Å². The fourth-order valence-electron chi connectivity index (χ4n) is 3.41. The number of rotatable bonds is 3. The first kappa shape index (κ1) is 15.2. The summed E-state index contributed by atoms with van der Waals surface area (Å²) in [4.78, 5) is 24.5. The Balaban J connectivity index is 1.60. The molecular weight excluding hydrogens is 282 g/mol. The van der Waals surface area contributed by atoms with Gasteiger partial charge in [-0.05, 0) is 26.3 Å². The summed E-state index contributed by atoms with van der Waals surface area (Å²) in [6.45, 7) is 1.53. The largest absolute Gasteiger partial charge is 0.391 e. The zero-order valence-corrected chi connectivity index (χ0v) is 12.9. The fraction of sp³-hybridized carbons (Fsp3) is 0.667. The van der Waals surface area contributed by atoms with Crippen molar-refractivity contribution >= 4 is 11.9 Å². The number of nitrogen functional groups attached to an aromatic ring is 1. The molecule has 1 aliphatic heterocycles. The fourth-order valence-corrected chi connectivity index (χ4v) is 3.41. The Labute approximate surface area is 130 Å². The smallest absolute Gasteiger partial charge is 0.237 e. The number of aliphatic hydroxyl groups is 1. The number of nitrogens with zero attached hydrogens (tertiary/aromatic N) is 4. The number of aliphatic hydroxyl groups excluding tert-OH is 1. The van der Waals surface area contributed by atoms with Crippen LogP contribution in [0.15, 0.2) is 6.20 Å². The maximum atomic E-state index is 12.5. The number of nitrogens with two attached hydrogens (primary N) is 1. The average Bonchev–Trinajstić information content (AvgIpc) is 2.92. The lowest BCUT2D eigenvalue weighted by Crippen LogP contribution is -2.46.